The second-order valence-corrected chi connectivity index (χ2v) is 7.82. The first-order chi connectivity index (χ1) is 12.0. The molecule has 25 heavy (non-hydrogen) atoms. The summed E-state index contributed by atoms with van der Waals surface area (Å²) < 4.78 is 6.56. The number of anilines is 1. The SMILES string of the molecule is CC(C)c1cc(Br)c2c(c1)CCC(C)N2C(=O)OCc1ccccc1. The lowest BCUT2D eigenvalue weighted by molar-refractivity contribution is 0.144. The van der Waals surface area contributed by atoms with E-state index in [1.165, 1.54) is 11.1 Å². The standard InChI is InChI=1S/C21H24BrNO2/c1-14(2)18-11-17-10-9-15(3)23(20(17)19(22)12-18)21(24)25-13-16-7-5-4-6-8-16/h4-8,11-12,14-15H,9-10,13H2,1-3H3. The zero-order chi connectivity index (χ0) is 18.0. The molecular formula is C21H24BrNO2. The van der Waals surface area contributed by atoms with Crippen LogP contribution in [0.2, 0.25) is 0 Å². The molecule has 0 saturated carbocycles. The Hall–Kier alpha value is -1.81. The molecule has 0 bridgehead atoms. The molecule has 0 radical (unpaired) electrons. The third-order valence-electron chi connectivity index (χ3n) is 4.75. The third-order valence-corrected chi connectivity index (χ3v) is 5.35. The second kappa shape index (κ2) is 7.61. The molecule has 1 atom stereocenters. The summed E-state index contributed by atoms with van der Waals surface area (Å²) in [7, 11) is 0. The molecule has 1 unspecified atom stereocenters. The van der Waals surface area contributed by atoms with Crippen molar-refractivity contribution in [3.8, 4) is 0 Å². The first-order valence-electron chi connectivity index (χ1n) is 8.79. The lowest BCUT2D eigenvalue weighted by atomic mass is 9.92. The van der Waals surface area contributed by atoms with Crippen molar-refractivity contribution < 1.29 is 9.53 Å². The molecule has 0 fully saturated rings. The molecule has 3 nitrogen and oxygen atoms in total. The van der Waals surface area contributed by atoms with Gasteiger partial charge in [0.2, 0.25) is 0 Å². The zero-order valence-electron chi connectivity index (χ0n) is 15.0. The van der Waals surface area contributed by atoms with Gasteiger partial charge in [0.25, 0.3) is 0 Å². The molecule has 132 valence electrons. The number of carbonyl (C=O) groups is 1. The smallest absolute Gasteiger partial charge is 0.414 e. The number of aryl methyl sites for hydroxylation is 1. The molecule has 1 amide bonds. The average Bonchev–Trinajstić information content (AvgIpc) is 2.60. The Morgan fingerprint density at radius 2 is 2.00 bits per heavy atom. The van der Waals surface area contributed by atoms with Gasteiger partial charge in [-0.05, 0) is 64.4 Å². The van der Waals surface area contributed by atoms with Crippen molar-refractivity contribution in [3.63, 3.8) is 0 Å². The van der Waals surface area contributed by atoms with Crippen LogP contribution in [-0.4, -0.2) is 12.1 Å². The van der Waals surface area contributed by atoms with Gasteiger partial charge in [-0.25, -0.2) is 4.79 Å². The molecule has 0 aliphatic carbocycles. The molecule has 4 heteroatoms. The summed E-state index contributed by atoms with van der Waals surface area (Å²) in [6.07, 6.45) is 1.65. The van der Waals surface area contributed by atoms with Crippen LogP contribution in [0.15, 0.2) is 46.9 Å². The predicted molar refractivity (Wildman–Crippen MR) is 105 cm³/mol. The maximum Gasteiger partial charge on any atom is 0.414 e. The second-order valence-electron chi connectivity index (χ2n) is 6.96. The highest BCUT2D eigenvalue weighted by atomic mass is 79.9. The molecule has 0 N–H and O–H groups in total. The molecule has 1 aliphatic heterocycles. The van der Waals surface area contributed by atoms with Gasteiger partial charge in [-0.1, -0.05) is 50.2 Å². The summed E-state index contributed by atoms with van der Waals surface area (Å²) in [5.74, 6) is 0.458. The fraction of sp³-hybridized carbons (Fsp3) is 0.381. The summed E-state index contributed by atoms with van der Waals surface area (Å²) in [6.45, 7) is 6.74. The summed E-state index contributed by atoms with van der Waals surface area (Å²) >= 11 is 3.68. The van der Waals surface area contributed by atoms with Crippen molar-refractivity contribution in [2.45, 2.75) is 52.2 Å². The number of hydrogen-bond donors (Lipinski definition) is 0. The lowest BCUT2D eigenvalue weighted by Crippen LogP contribution is -2.42. The molecule has 1 aliphatic rings. The summed E-state index contributed by atoms with van der Waals surface area (Å²) in [5.41, 5.74) is 4.46. The molecule has 2 aromatic carbocycles. The van der Waals surface area contributed by atoms with E-state index in [2.05, 4.69) is 48.8 Å². The fourth-order valence-corrected chi connectivity index (χ4v) is 3.96. The number of rotatable bonds is 3. The Labute approximate surface area is 158 Å². The fourth-order valence-electron chi connectivity index (χ4n) is 3.25. The van der Waals surface area contributed by atoms with Gasteiger partial charge < -0.3 is 4.74 Å². The number of carbonyl (C=O) groups excluding carboxylic acids is 1. The zero-order valence-corrected chi connectivity index (χ0v) is 16.5. The average molecular weight is 402 g/mol. The van der Waals surface area contributed by atoms with Crippen LogP contribution in [-0.2, 0) is 17.8 Å². The van der Waals surface area contributed by atoms with E-state index in [9.17, 15) is 4.79 Å². The Balaban J connectivity index is 1.85. The van der Waals surface area contributed by atoms with Gasteiger partial charge >= 0.3 is 6.09 Å². The van der Waals surface area contributed by atoms with E-state index in [1.807, 2.05) is 30.3 Å². The van der Waals surface area contributed by atoms with E-state index in [0.717, 1.165) is 28.6 Å². The van der Waals surface area contributed by atoms with E-state index < -0.39 is 0 Å². The molecule has 2 aromatic rings. The summed E-state index contributed by atoms with van der Waals surface area (Å²) in [5, 5.41) is 0. The molecule has 0 aromatic heterocycles. The minimum Gasteiger partial charge on any atom is -0.444 e. The quantitative estimate of drug-likeness (QED) is 0.626. The predicted octanol–water partition coefficient (Wildman–Crippen LogP) is 6.05. The van der Waals surface area contributed by atoms with Gasteiger partial charge in [0.15, 0.2) is 0 Å². The highest BCUT2D eigenvalue weighted by Gasteiger charge is 2.31. The first kappa shape index (κ1) is 18.0. The van der Waals surface area contributed by atoms with Gasteiger partial charge in [0.1, 0.15) is 6.61 Å². The van der Waals surface area contributed by atoms with Gasteiger partial charge in [0.05, 0.1) is 5.69 Å². The summed E-state index contributed by atoms with van der Waals surface area (Å²) in [4.78, 5) is 14.6. The topological polar surface area (TPSA) is 29.5 Å². The normalized spacial score (nSPS) is 16.7. The number of halogens is 1. The number of fused-ring (bicyclic) bond motifs is 1. The minimum atomic E-state index is -0.282. The molecule has 0 saturated heterocycles. The Morgan fingerprint density at radius 1 is 1.28 bits per heavy atom. The van der Waals surface area contributed by atoms with E-state index >= 15 is 0 Å². The van der Waals surface area contributed by atoms with Crippen LogP contribution in [0.25, 0.3) is 0 Å². The van der Waals surface area contributed by atoms with Crippen LogP contribution in [0.4, 0.5) is 10.5 Å². The number of ether oxygens (including phenoxy) is 1. The van der Waals surface area contributed by atoms with Gasteiger partial charge in [0, 0.05) is 10.5 Å². The van der Waals surface area contributed by atoms with Crippen LogP contribution >= 0.6 is 15.9 Å². The number of benzene rings is 2. The van der Waals surface area contributed by atoms with Crippen molar-refractivity contribution in [1.82, 2.24) is 0 Å². The van der Waals surface area contributed by atoms with Crippen molar-refractivity contribution in [2.24, 2.45) is 0 Å². The summed E-state index contributed by atoms with van der Waals surface area (Å²) in [6, 6.07) is 14.3. The maximum absolute atomic E-state index is 12.8. The van der Waals surface area contributed by atoms with Crippen LogP contribution in [0, 0.1) is 0 Å². The minimum absolute atomic E-state index is 0.122. The van der Waals surface area contributed by atoms with Crippen LogP contribution in [0.5, 0.6) is 0 Å². The number of amides is 1. The van der Waals surface area contributed by atoms with E-state index in [4.69, 9.17) is 4.74 Å². The number of hydrogen-bond acceptors (Lipinski definition) is 2. The van der Waals surface area contributed by atoms with Crippen molar-refractivity contribution in [1.29, 1.82) is 0 Å². The maximum atomic E-state index is 12.8. The van der Waals surface area contributed by atoms with E-state index in [1.54, 1.807) is 4.90 Å². The first-order valence-corrected chi connectivity index (χ1v) is 9.59. The monoisotopic (exact) mass is 401 g/mol. The highest BCUT2D eigenvalue weighted by molar-refractivity contribution is 9.10. The molecule has 0 spiro atoms. The van der Waals surface area contributed by atoms with Crippen LogP contribution in [0.3, 0.4) is 0 Å². The Morgan fingerprint density at radius 3 is 2.68 bits per heavy atom. The van der Waals surface area contributed by atoms with Gasteiger partial charge in [-0.2, -0.15) is 0 Å². The molecule has 3 rings (SSSR count). The lowest BCUT2D eigenvalue weighted by Gasteiger charge is -2.35. The van der Waals surface area contributed by atoms with Crippen molar-refractivity contribution >= 4 is 27.7 Å². The largest absolute Gasteiger partial charge is 0.444 e. The molecule has 1 heterocycles. The van der Waals surface area contributed by atoms with Crippen LogP contribution < -0.4 is 4.90 Å². The van der Waals surface area contributed by atoms with Gasteiger partial charge in [-0.3, -0.25) is 4.90 Å². The highest BCUT2D eigenvalue weighted by Crippen LogP contribution is 2.39. The van der Waals surface area contributed by atoms with E-state index in [-0.39, 0.29) is 12.1 Å². The van der Waals surface area contributed by atoms with E-state index in [0.29, 0.717) is 12.5 Å². The Kier molecular flexibility index (Phi) is 5.48. The van der Waals surface area contributed by atoms with Crippen LogP contribution in [0.1, 0.15) is 49.8 Å². The number of nitrogens with zero attached hydrogens (tertiary/aromatic N) is 1. The third kappa shape index (κ3) is 3.90. The molecular weight excluding hydrogens is 378 g/mol. The van der Waals surface area contributed by atoms with Crippen molar-refractivity contribution in [3.05, 3.63) is 63.6 Å². The van der Waals surface area contributed by atoms with Crippen molar-refractivity contribution in [2.75, 3.05) is 4.90 Å². The van der Waals surface area contributed by atoms with Gasteiger partial charge in [-0.15, -0.1) is 0 Å². The Bertz CT molecular complexity index is 758.